The lowest BCUT2D eigenvalue weighted by Gasteiger charge is -2.15. The van der Waals surface area contributed by atoms with Gasteiger partial charge in [0.1, 0.15) is 5.75 Å². The van der Waals surface area contributed by atoms with Gasteiger partial charge in [-0.15, -0.1) is 11.3 Å². The van der Waals surface area contributed by atoms with Crippen molar-refractivity contribution in [2.45, 2.75) is 13.0 Å². The van der Waals surface area contributed by atoms with Gasteiger partial charge < -0.3 is 10.4 Å². The SMILES string of the molecule is CC(NC(=O)c1cc2ccccc2s1)c1ccc(C(=O)NO)cc1O. The summed E-state index contributed by atoms with van der Waals surface area (Å²) in [5.74, 6) is -1.08. The maximum atomic E-state index is 12.5. The van der Waals surface area contributed by atoms with Gasteiger partial charge in [-0.2, -0.15) is 0 Å². The fourth-order valence-corrected chi connectivity index (χ4v) is 3.52. The Bertz CT molecular complexity index is 918. The van der Waals surface area contributed by atoms with Crippen LogP contribution in [0.2, 0.25) is 0 Å². The van der Waals surface area contributed by atoms with Crippen LogP contribution < -0.4 is 10.8 Å². The first-order valence-corrected chi connectivity index (χ1v) is 8.38. The molecule has 0 spiro atoms. The molecule has 1 atom stereocenters. The lowest BCUT2D eigenvalue weighted by molar-refractivity contribution is 0.0705. The third kappa shape index (κ3) is 3.47. The highest BCUT2D eigenvalue weighted by molar-refractivity contribution is 7.20. The summed E-state index contributed by atoms with van der Waals surface area (Å²) in [5.41, 5.74) is 2.10. The molecular formula is C18H16N2O4S. The Labute approximate surface area is 147 Å². The average Bonchev–Trinajstić information content (AvgIpc) is 3.05. The fraction of sp³-hybridized carbons (Fsp3) is 0.111. The number of hydrogen-bond acceptors (Lipinski definition) is 5. The highest BCUT2D eigenvalue weighted by Crippen LogP contribution is 2.28. The average molecular weight is 356 g/mol. The van der Waals surface area contributed by atoms with E-state index in [0.717, 1.165) is 10.1 Å². The minimum Gasteiger partial charge on any atom is -0.508 e. The van der Waals surface area contributed by atoms with Crippen molar-refractivity contribution in [2.75, 3.05) is 0 Å². The molecule has 0 aliphatic carbocycles. The van der Waals surface area contributed by atoms with Crippen LogP contribution in [0.5, 0.6) is 5.75 Å². The van der Waals surface area contributed by atoms with Crippen molar-refractivity contribution in [1.82, 2.24) is 10.8 Å². The molecule has 3 aromatic rings. The maximum Gasteiger partial charge on any atom is 0.274 e. The number of aromatic hydroxyl groups is 1. The summed E-state index contributed by atoms with van der Waals surface area (Å²) in [7, 11) is 0. The van der Waals surface area contributed by atoms with E-state index in [-0.39, 0.29) is 17.2 Å². The third-order valence-electron chi connectivity index (χ3n) is 3.86. The molecule has 0 aliphatic heterocycles. The second-order valence-electron chi connectivity index (χ2n) is 5.56. The molecule has 3 rings (SSSR count). The van der Waals surface area contributed by atoms with Crippen LogP contribution in [0.3, 0.4) is 0 Å². The van der Waals surface area contributed by atoms with Gasteiger partial charge in [0, 0.05) is 15.8 Å². The predicted molar refractivity (Wildman–Crippen MR) is 95.1 cm³/mol. The first-order chi connectivity index (χ1) is 12.0. The summed E-state index contributed by atoms with van der Waals surface area (Å²) >= 11 is 1.40. The summed E-state index contributed by atoms with van der Waals surface area (Å²) in [5, 5.41) is 22.6. The van der Waals surface area contributed by atoms with Gasteiger partial charge in [0.15, 0.2) is 0 Å². The van der Waals surface area contributed by atoms with E-state index in [1.807, 2.05) is 30.3 Å². The summed E-state index contributed by atoms with van der Waals surface area (Å²) in [6, 6.07) is 13.4. The zero-order valence-corrected chi connectivity index (χ0v) is 14.1. The van der Waals surface area contributed by atoms with Crippen molar-refractivity contribution in [1.29, 1.82) is 0 Å². The first-order valence-electron chi connectivity index (χ1n) is 7.56. The molecule has 0 fully saturated rings. The van der Waals surface area contributed by atoms with Crippen molar-refractivity contribution in [3.63, 3.8) is 0 Å². The Morgan fingerprint density at radius 2 is 1.84 bits per heavy atom. The number of carbonyl (C=O) groups excluding carboxylic acids is 2. The third-order valence-corrected chi connectivity index (χ3v) is 4.97. The largest absolute Gasteiger partial charge is 0.508 e. The zero-order valence-electron chi connectivity index (χ0n) is 13.3. The van der Waals surface area contributed by atoms with E-state index in [2.05, 4.69) is 5.32 Å². The van der Waals surface area contributed by atoms with Crippen molar-refractivity contribution in [3.8, 4) is 5.75 Å². The Morgan fingerprint density at radius 3 is 2.52 bits per heavy atom. The maximum absolute atomic E-state index is 12.5. The Morgan fingerprint density at radius 1 is 1.08 bits per heavy atom. The molecule has 0 saturated carbocycles. The number of rotatable bonds is 4. The monoisotopic (exact) mass is 356 g/mol. The first kappa shape index (κ1) is 16.9. The van der Waals surface area contributed by atoms with E-state index in [9.17, 15) is 14.7 Å². The molecule has 2 amide bonds. The molecule has 1 aromatic heterocycles. The lowest BCUT2D eigenvalue weighted by atomic mass is 10.0. The van der Waals surface area contributed by atoms with E-state index in [1.165, 1.54) is 35.0 Å². The van der Waals surface area contributed by atoms with Crippen LogP contribution in [-0.2, 0) is 0 Å². The highest BCUT2D eigenvalue weighted by atomic mass is 32.1. The van der Waals surface area contributed by atoms with Crippen molar-refractivity contribution >= 4 is 33.2 Å². The summed E-state index contributed by atoms with van der Waals surface area (Å²) < 4.78 is 1.03. The van der Waals surface area contributed by atoms with Gasteiger partial charge in [0.2, 0.25) is 0 Å². The molecule has 2 aromatic carbocycles. The number of amides is 2. The van der Waals surface area contributed by atoms with E-state index in [0.29, 0.717) is 10.4 Å². The minimum atomic E-state index is -0.719. The predicted octanol–water partition coefficient (Wildman–Crippen LogP) is 3.22. The number of benzene rings is 2. The zero-order chi connectivity index (χ0) is 18.0. The molecule has 0 bridgehead atoms. The quantitative estimate of drug-likeness (QED) is 0.426. The van der Waals surface area contributed by atoms with Crippen molar-refractivity contribution < 1.29 is 19.9 Å². The fourth-order valence-electron chi connectivity index (χ4n) is 2.55. The number of fused-ring (bicyclic) bond motifs is 1. The Kier molecular flexibility index (Phi) is 4.69. The standard InChI is InChI=1S/C18H16N2O4S/c1-10(13-7-6-12(8-14(13)21)17(22)20-24)19-18(23)16-9-11-4-2-3-5-15(11)25-16/h2-10,21,24H,1H3,(H,19,23)(H,20,22). The van der Waals surface area contributed by atoms with Gasteiger partial charge >= 0.3 is 0 Å². The van der Waals surface area contributed by atoms with Gasteiger partial charge in [-0.05, 0) is 36.6 Å². The van der Waals surface area contributed by atoms with Gasteiger partial charge in [-0.3, -0.25) is 14.8 Å². The highest BCUT2D eigenvalue weighted by Gasteiger charge is 2.17. The number of hydrogen-bond donors (Lipinski definition) is 4. The topological polar surface area (TPSA) is 98.7 Å². The summed E-state index contributed by atoms with van der Waals surface area (Å²) in [6.07, 6.45) is 0. The molecule has 128 valence electrons. The van der Waals surface area contributed by atoms with Gasteiger partial charge in [-0.25, -0.2) is 5.48 Å². The molecule has 7 heteroatoms. The molecule has 6 nitrogen and oxygen atoms in total. The number of phenols is 1. The molecule has 4 N–H and O–H groups in total. The van der Waals surface area contributed by atoms with Gasteiger partial charge in [0.25, 0.3) is 11.8 Å². The van der Waals surface area contributed by atoms with Crippen LogP contribution in [0, 0.1) is 0 Å². The lowest BCUT2D eigenvalue weighted by Crippen LogP contribution is -2.26. The van der Waals surface area contributed by atoms with Gasteiger partial charge in [0.05, 0.1) is 10.9 Å². The van der Waals surface area contributed by atoms with Crippen LogP contribution in [0.4, 0.5) is 0 Å². The number of phenolic OH excluding ortho intramolecular Hbond substituents is 1. The van der Waals surface area contributed by atoms with Crippen LogP contribution >= 0.6 is 11.3 Å². The number of thiophene rings is 1. The van der Waals surface area contributed by atoms with E-state index in [1.54, 1.807) is 6.92 Å². The van der Waals surface area contributed by atoms with E-state index < -0.39 is 11.9 Å². The summed E-state index contributed by atoms with van der Waals surface area (Å²) in [4.78, 5) is 24.4. The minimum absolute atomic E-state index is 0.117. The smallest absolute Gasteiger partial charge is 0.274 e. The molecule has 0 aliphatic rings. The van der Waals surface area contributed by atoms with Crippen LogP contribution in [0.15, 0.2) is 48.5 Å². The summed E-state index contributed by atoms with van der Waals surface area (Å²) in [6.45, 7) is 1.74. The molecule has 25 heavy (non-hydrogen) atoms. The number of nitrogens with one attached hydrogen (secondary N) is 2. The second kappa shape index (κ2) is 6.92. The molecule has 1 heterocycles. The van der Waals surface area contributed by atoms with Crippen LogP contribution in [0.25, 0.3) is 10.1 Å². The molecule has 0 saturated heterocycles. The number of hydroxylamine groups is 1. The Hall–Kier alpha value is -2.90. The Balaban J connectivity index is 1.78. The van der Waals surface area contributed by atoms with Crippen molar-refractivity contribution in [3.05, 3.63) is 64.5 Å². The molecular weight excluding hydrogens is 340 g/mol. The molecule has 0 radical (unpaired) electrons. The number of carbonyl (C=O) groups is 2. The normalized spacial score (nSPS) is 11.9. The van der Waals surface area contributed by atoms with Crippen LogP contribution in [-0.4, -0.2) is 22.1 Å². The molecule has 1 unspecified atom stereocenters. The van der Waals surface area contributed by atoms with Crippen LogP contribution in [0.1, 0.15) is 38.6 Å². The van der Waals surface area contributed by atoms with E-state index in [4.69, 9.17) is 5.21 Å². The van der Waals surface area contributed by atoms with E-state index >= 15 is 0 Å². The second-order valence-corrected chi connectivity index (χ2v) is 6.64. The van der Waals surface area contributed by atoms with Crippen molar-refractivity contribution in [2.24, 2.45) is 0 Å². The van der Waals surface area contributed by atoms with Gasteiger partial charge in [-0.1, -0.05) is 24.3 Å².